The molecule has 0 fully saturated rings. The van der Waals surface area contributed by atoms with Crippen molar-refractivity contribution in [3.63, 3.8) is 0 Å². The van der Waals surface area contributed by atoms with Crippen LogP contribution in [0.15, 0.2) is 70.9 Å². The van der Waals surface area contributed by atoms with Crippen LogP contribution in [0.4, 0.5) is 4.39 Å². The number of aliphatic imine (C=N–C) groups is 1. The van der Waals surface area contributed by atoms with Crippen molar-refractivity contribution in [1.82, 2.24) is 4.98 Å². The van der Waals surface area contributed by atoms with Crippen molar-refractivity contribution in [3.8, 4) is 0 Å². The second kappa shape index (κ2) is 10.7. The number of pyridine rings is 1. The Hall–Kier alpha value is -3.48. The molecule has 2 heterocycles. The zero-order valence-electron chi connectivity index (χ0n) is 21.0. The zero-order chi connectivity index (χ0) is 26.9. The zero-order valence-corrected chi connectivity index (χ0v) is 22.6. The normalized spacial score (nSPS) is 15.0. The maximum absolute atomic E-state index is 13.8. The van der Waals surface area contributed by atoms with Crippen LogP contribution in [0.2, 0.25) is 5.02 Å². The number of benzene rings is 2. The molecule has 4 nitrogen and oxygen atoms in total. The number of aliphatic carboxylic acids is 1. The second-order valence-corrected chi connectivity index (χ2v) is 11.5. The minimum atomic E-state index is -0.792. The molecule has 1 aromatic heterocycles. The number of hydrogen-bond donors (Lipinski definition) is 1. The number of fused-ring (bicyclic) bond motifs is 3. The number of halogens is 2. The van der Waals surface area contributed by atoms with Crippen LogP contribution in [0.5, 0.6) is 0 Å². The standard InChI is InChI=1S/C31H26ClFN2O2S/c1-31(2,17-29(36)37)18-38-30-23-4-3-13-34-27(23)12-9-20-7-5-19(14-24(20)30)6-10-22-11-8-21-15-26(33)25(32)16-28(21)35-22/h4-16H,3,17-18H2,1-2H3,(H,36,37)/b10-6+. The lowest BCUT2D eigenvalue weighted by Crippen LogP contribution is -2.27. The molecule has 38 heavy (non-hydrogen) atoms. The van der Waals surface area contributed by atoms with E-state index in [1.807, 2.05) is 50.4 Å². The summed E-state index contributed by atoms with van der Waals surface area (Å²) >= 11 is 7.63. The number of carboxylic acids is 1. The van der Waals surface area contributed by atoms with Gasteiger partial charge < -0.3 is 5.11 Å². The Kier molecular flexibility index (Phi) is 7.37. The summed E-state index contributed by atoms with van der Waals surface area (Å²) in [5.41, 5.74) is 4.01. The van der Waals surface area contributed by atoms with Gasteiger partial charge in [-0.1, -0.05) is 61.9 Å². The lowest BCUT2D eigenvalue weighted by atomic mass is 9.92. The van der Waals surface area contributed by atoms with Crippen LogP contribution in [0.25, 0.3) is 34.0 Å². The van der Waals surface area contributed by atoms with E-state index in [-0.39, 0.29) is 16.9 Å². The van der Waals surface area contributed by atoms with Gasteiger partial charge in [0.15, 0.2) is 0 Å². The molecule has 1 aliphatic carbocycles. The van der Waals surface area contributed by atoms with Gasteiger partial charge in [0, 0.05) is 34.3 Å². The van der Waals surface area contributed by atoms with Crippen molar-refractivity contribution in [3.05, 3.63) is 98.4 Å². The average molecular weight is 545 g/mol. The molecule has 0 radical (unpaired) electrons. The Morgan fingerprint density at radius 3 is 2.82 bits per heavy atom. The molecule has 0 saturated heterocycles. The molecule has 2 aliphatic rings. The molecule has 0 spiro atoms. The number of aromatic nitrogens is 1. The Bertz CT molecular complexity index is 1700. The van der Waals surface area contributed by atoms with E-state index < -0.39 is 11.8 Å². The van der Waals surface area contributed by atoms with Gasteiger partial charge in [-0.3, -0.25) is 9.79 Å². The highest BCUT2D eigenvalue weighted by atomic mass is 35.5. The van der Waals surface area contributed by atoms with Crippen molar-refractivity contribution in [2.24, 2.45) is 10.4 Å². The molecular weight excluding hydrogens is 519 g/mol. The third-order valence-corrected chi connectivity index (χ3v) is 8.30. The molecule has 192 valence electrons. The van der Waals surface area contributed by atoms with E-state index in [4.69, 9.17) is 11.6 Å². The van der Waals surface area contributed by atoms with Crippen LogP contribution in [0.3, 0.4) is 0 Å². The van der Waals surface area contributed by atoms with Crippen LogP contribution in [0.1, 0.15) is 37.9 Å². The molecule has 0 saturated carbocycles. The number of nitrogens with zero attached hydrogens (tertiary/aromatic N) is 2. The fourth-order valence-electron chi connectivity index (χ4n) is 4.46. The number of thioether (sulfide) groups is 1. The summed E-state index contributed by atoms with van der Waals surface area (Å²) in [5.74, 6) is -0.592. The molecule has 0 bridgehead atoms. The molecular formula is C31H26ClFN2O2S. The van der Waals surface area contributed by atoms with Gasteiger partial charge in [0.05, 0.1) is 28.4 Å². The van der Waals surface area contributed by atoms with Gasteiger partial charge >= 0.3 is 5.97 Å². The number of hydrogen-bond acceptors (Lipinski definition) is 4. The van der Waals surface area contributed by atoms with Gasteiger partial charge in [0.1, 0.15) is 5.82 Å². The first-order valence-electron chi connectivity index (χ1n) is 12.3. The Labute approximate surface area is 229 Å². The van der Waals surface area contributed by atoms with E-state index in [9.17, 15) is 14.3 Å². The molecule has 1 aliphatic heterocycles. The second-order valence-electron chi connectivity index (χ2n) is 10.1. The van der Waals surface area contributed by atoms with E-state index in [0.717, 1.165) is 44.3 Å². The quantitative estimate of drug-likeness (QED) is 0.363. The molecule has 1 N–H and O–H groups in total. The monoisotopic (exact) mass is 544 g/mol. The van der Waals surface area contributed by atoms with Crippen LogP contribution in [0, 0.1) is 11.2 Å². The van der Waals surface area contributed by atoms with Crippen molar-refractivity contribution in [2.75, 3.05) is 5.75 Å². The van der Waals surface area contributed by atoms with Crippen molar-refractivity contribution in [2.45, 2.75) is 26.7 Å². The van der Waals surface area contributed by atoms with Crippen molar-refractivity contribution < 1.29 is 14.3 Å². The lowest BCUT2D eigenvalue weighted by Gasteiger charge is -2.24. The number of carboxylic acid groups (broad SMARTS) is 1. The number of dihydropyridines is 1. The maximum Gasteiger partial charge on any atom is 0.303 e. The van der Waals surface area contributed by atoms with E-state index in [2.05, 4.69) is 40.3 Å². The summed E-state index contributed by atoms with van der Waals surface area (Å²) in [6.45, 7) is 3.97. The number of rotatable bonds is 7. The van der Waals surface area contributed by atoms with E-state index in [1.54, 1.807) is 11.8 Å². The number of allylic oxidation sites excluding steroid dienone is 3. The molecule has 0 unspecified atom stereocenters. The van der Waals surface area contributed by atoms with Crippen LogP contribution >= 0.6 is 23.4 Å². The van der Waals surface area contributed by atoms with E-state index in [0.29, 0.717) is 16.7 Å². The van der Waals surface area contributed by atoms with Crippen LogP contribution < -0.4 is 10.4 Å². The largest absolute Gasteiger partial charge is 0.481 e. The summed E-state index contributed by atoms with van der Waals surface area (Å²) in [4.78, 5) is 21.7. The molecule has 0 atom stereocenters. The van der Waals surface area contributed by atoms with E-state index >= 15 is 0 Å². The van der Waals surface area contributed by atoms with Gasteiger partial charge in [-0.05, 0) is 57.8 Å². The highest BCUT2D eigenvalue weighted by Gasteiger charge is 2.25. The van der Waals surface area contributed by atoms with Crippen LogP contribution in [-0.4, -0.2) is 28.0 Å². The molecule has 3 aromatic rings. The summed E-state index contributed by atoms with van der Waals surface area (Å²) in [6, 6.07) is 12.9. The summed E-state index contributed by atoms with van der Waals surface area (Å²) in [5, 5.41) is 12.3. The number of carbonyl (C=O) groups is 1. The summed E-state index contributed by atoms with van der Waals surface area (Å²) in [7, 11) is 0. The highest BCUT2D eigenvalue weighted by Crippen LogP contribution is 2.37. The topological polar surface area (TPSA) is 62.5 Å². The average Bonchev–Trinajstić information content (AvgIpc) is 3.02. The van der Waals surface area contributed by atoms with Gasteiger partial charge in [0.2, 0.25) is 0 Å². The SMILES string of the molecule is CC(C)(CSC1=c2cc(/C=C/c3ccc4cc(F)c(Cl)cc4n3)ccc2=CC=C2N=CCC=C21)CC(=O)O. The first kappa shape index (κ1) is 26.1. The minimum absolute atomic E-state index is 0.0505. The molecule has 2 aromatic carbocycles. The maximum atomic E-state index is 13.8. The van der Waals surface area contributed by atoms with Crippen molar-refractivity contribution in [1.29, 1.82) is 0 Å². The first-order chi connectivity index (χ1) is 18.2. The lowest BCUT2D eigenvalue weighted by molar-refractivity contribution is -0.138. The highest BCUT2D eigenvalue weighted by molar-refractivity contribution is 8.08. The van der Waals surface area contributed by atoms with Gasteiger partial charge in [-0.2, -0.15) is 0 Å². The third kappa shape index (κ3) is 5.82. The fourth-order valence-corrected chi connectivity index (χ4v) is 5.93. The molecule has 0 amide bonds. The third-order valence-electron chi connectivity index (χ3n) is 6.36. The predicted molar refractivity (Wildman–Crippen MR) is 157 cm³/mol. The van der Waals surface area contributed by atoms with Crippen molar-refractivity contribution >= 4 is 69.6 Å². The smallest absolute Gasteiger partial charge is 0.303 e. The Morgan fingerprint density at radius 2 is 2.00 bits per heavy atom. The fraction of sp³-hybridized carbons (Fsp3) is 0.194. The van der Waals surface area contributed by atoms with E-state index in [1.165, 1.54) is 12.1 Å². The Balaban J connectivity index is 1.54. The predicted octanol–water partition coefficient (Wildman–Crippen LogP) is 6.62. The molecule has 7 heteroatoms. The first-order valence-corrected chi connectivity index (χ1v) is 13.6. The summed E-state index contributed by atoms with van der Waals surface area (Å²) in [6.07, 6.45) is 13.0. The van der Waals surface area contributed by atoms with Gasteiger partial charge in [0.25, 0.3) is 0 Å². The molecule has 5 rings (SSSR count). The Morgan fingerprint density at radius 1 is 1.16 bits per heavy atom. The van der Waals surface area contributed by atoms with Gasteiger partial charge in [-0.25, -0.2) is 9.37 Å². The van der Waals surface area contributed by atoms with Gasteiger partial charge in [-0.15, -0.1) is 11.8 Å². The van der Waals surface area contributed by atoms with Crippen LogP contribution in [-0.2, 0) is 4.79 Å². The minimum Gasteiger partial charge on any atom is -0.481 e. The summed E-state index contributed by atoms with van der Waals surface area (Å²) < 4.78 is 13.8.